The van der Waals surface area contributed by atoms with Gasteiger partial charge in [0, 0.05) is 25.3 Å². The third-order valence-corrected chi connectivity index (χ3v) is 5.01. The molecule has 2 atom stereocenters. The second-order valence-electron chi connectivity index (χ2n) is 6.17. The standard InChI is InChI=1S/C16H24N2O3S/c1-22(20,21)11-14-6-3-2-5-13(14)10-18-16(19)9-12-7-4-8-15(12)17/h2-3,5-6,12,15H,4,7-11,17H2,1H3,(H,18,19)/t12-,15+/m0/s1. The van der Waals surface area contributed by atoms with Crippen molar-refractivity contribution in [3.05, 3.63) is 35.4 Å². The van der Waals surface area contributed by atoms with E-state index in [1.165, 1.54) is 6.26 Å². The van der Waals surface area contributed by atoms with Crippen LogP contribution in [0.1, 0.15) is 36.8 Å². The molecule has 1 aromatic rings. The molecule has 0 unspecified atom stereocenters. The first kappa shape index (κ1) is 17.0. The fraction of sp³-hybridized carbons (Fsp3) is 0.562. The van der Waals surface area contributed by atoms with Gasteiger partial charge in [-0.05, 0) is 29.9 Å². The van der Waals surface area contributed by atoms with E-state index in [0.717, 1.165) is 30.4 Å². The Morgan fingerprint density at radius 2 is 1.95 bits per heavy atom. The van der Waals surface area contributed by atoms with Crippen LogP contribution < -0.4 is 11.1 Å². The molecule has 0 spiro atoms. The van der Waals surface area contributed by atoms with Crippen molar-refractivity contribution in [3.63, 3.8) is 0 Å². The molecule has 0 bridgehead atoms. The van der Waals surface area contributed by atoms with E-state index in [4.69, 9.17) is 5.73 Å². The quantitative estimate of drug-likeness (QED) is 0.827. The molecule has 0 aliphatic heterocycles. The second-order valence-corrected chi connectivity index (χ2v) is 8.31. The Balaban J connectivity index is 1.92. The number of nitrogens with two attached hydrogens (primary N) is 1. The van der Waals surface area contributed by atoms with Gasteiger partial charge in [0.05, 0.1) is 5.75 Å². The Kier molecular flexibility index (Phi) is 5.58. The SMILES string of the molecule is CS(=O)(=O)Cc1ccccc1CNC(=O)C[C@@H]1CCC[C@H]1N. The largest absolute Gasteiger partial charge is 0.352 e. The molecule has 22 heavy (non-hydrogen) atoms. The summed E-state index contributed by atoms with van der Waals surface area (Å²) in [6.45, 7) is 0.354. The van der Waals surface area contributed by atoms with Crippen molar-refractivity contribution in [1.29, 1.82) is 0 Å². The summed E-state index contributed by atoms with van der Waals surface area (Å²) in [5, 5.41) is 2.88. The van der Waals surface area contributed by atoms with E-state index in [0.29, 0.717) is 13.0 Å². The minimum Gasteiger partial charge on any atom is -0.352 e. The monoisotopic (exact) mass is 324 g/mol. The van der Waals surface area contributed by atoms with E-state index in [9.17, 15) is 13.2 Å². The van der Waals surface area contributed by atoms with Gasteiger partial charge in [0.15, 0.2) is 9.84 Å². The summed E-state index contributed by atoms with van der Waals surface area (Å²) < 4.78 is 22.9. The second kappa shape index (κ2) is 7.24. The van der Waals surface area contributed by atoms with Gasteiger partial charge in [-0.3, -0.25) is 4.79 Å². The van der Waals surface area contributed by atoms with Crippen molar-refractivity contribution >= 4 is 15.7 Å². The number of hydrogen-bond acceptors (Lipinski definition) is 4. The van der Waals surface area contributed by atoms with Crippen molar-refractivity contribution in [1.82, 2.24) is 5.32 Å². The molecule has 1 aromatic carbocycles. The van der Waals surface area contributed by atoms with Crippen molar-refractivity contribution in [2.45, 2.75) is 44.0 Å². The molecule has 2 rings (SSSR count). The Bertz CT molecular complexity index is 628. The maximum Gasteiger partial charge on any atom is 0.220 e. The molecule has 0 radical (unpaired) electrons. The summed E-state index contributed by atoms with van der Waals surface area (Å²) in [6.07, 6.45) is 4.77. The molecule has 122 valence electrons. The first-order chi connectivity index (χ1) is 10.3. The van der Waals surface area contributed by atoms with Gasteiger partial charge in [-0.2, -0.15) is 0 Å². The third-order valence-electron chi connectivity index (χ3n) is 4.18. The molecular weight excluding hydrogens is 300 g/mol. The molecule has 5 nitrogen and oxygen atoms in total. The van der Waals surface area contributed by atoms with Gasteiger partial charge in [-0.1, -0.05) is 30.7 Å². The summed E-state index contributed by atoms with van der Waals surface area (Å²) in [4.78, 5) is 12.0. The van der Waals surface area contributed by atoms with Gasteiger partial charge in [0.1, 0.15) is 0 Å². The van der Waals surface area contributed by atoms with Crippen LogP contribution in [0.3, 0.4) is 0 Å². The molecule has 0 heterocycles. The van der Waals surface area contributed by atoms with E-state index in [2.05, 4.69) is 5.32 Å². The average Bonchev–Trinajstić information content (AvgIpc) is 2.81. The minimum atomic E-state index is -3.09. The lowest BCUT2D eigenvalue weighted by atomic mass is 10.00. The normalized spacial score (nSPS) is 21.7. The lowest BCUT2D eigenvalue weighted by molar-refractivity contribution is -0.122. The maximum atomic E-state index is 12.0. The molecule has 1 saturated carbocycles. The average molecular weight is 324 g/mol. The minimum absolute atomic E-state index is 0.00740. The van der Waals surface area contributed by atoms with Crippen LogP contribution in [0, 0.1) is 5.92 Å². The molecule has 1 aliphatic rings. The number of rotatable bonds is 6. The Morgan fingerprint density at radius 1 is 1.27 bits per heavy atom. The number of sulfone groups is 1. The van der Waals surface area contributed by atoms with Crippen molar-refractivity contribution < 1.29 is 13.2 Å². The first-order valence-electron chi connectivity index (χ1n) is 7.62. The van der Waals surface area contributed by atoms with Crippen LogP contribution in [0.2, 0.25) is 0 Å². The summed E-state index contributed by atoms with van der Waals surface area (Å²) in [6, 6.07) is 7.42. The molecular formula is C16H24N2O3S. The maximum absolute atomic E-state index is 12.0. The highest BCUT2D eigenvalue weighted by Crippen LogP contribution is 2.26. The van der Waals surface area contributed by atoms with Crippen LogP contribution in [0.25, 0.3) is 0 Å². The number of amides is 1. The molecule has 3 N–H and O–H groups in total. The van der Waals surface area contributed by atoms with E-state index in [1.807, 2.05) is 18.2 Å². The molecule has 6 heteroatoms. The summed E-state index contributed by atoms with van der Waals surface area (Å²) >= 11 is 0. The lowest BCUT2D eigenvalue weighted by Crippen LogP contribution is -2.31. The highest BCUT2D eigenvalue weighted by Gasteiger charge is 2.25. The van der Waals surface area contributed by atoms with Crippen LogP contribution in [-0.2, 0) is 26.9 Å². The van der Waals surface area contributed by atoms with Gasteiger partial charge in [-0.15, -0.1) is 0 Å². The van der Waals surface area contributed by atoms with Crippen molar-refractivity contribution in [2.24, 2.45) is 11.7 Å². The fourth-order valence-electron chi connectivity index (χ4n) is 2.98. The highest BCUT2D eigenvalue weighted by atomic mass is 32.2. The lowest BCUT2D eigenvalue weighted by Gasteiger charge is -2.15. The fourth-order valence-corrected chi connectivity index (χ4v) is 3.82. The zero-order chi connectivity index (χ0) is 16.2. The van der Waals surface area contributed by atoms with Gasteiger partial charge < -0.3 is 11.1 Å². The van der Waals surface area contributed by atoms with Crippen molar-refractivity contribution in [3.8, 4) is 0 Å². The Morgan fingerprint density at radius 3 is 2.55 bits per heavy atom. The molecule has 1 fully saturated rings. The number of hydrogen-bond donors (Lipinski definition) is 2. The smallest absolute Gasteiger partial charge is 0.220 e. The zero-order valence-corrected chi connectivity index (χ0v) is 13.7. The van der Waals surface area contributed by atoms with Crippen LogP contribution in [0.5, 0.6) is 0 Å². The zero-order valence-electron chi connectivity index (χ0n) is 12.9. The van der Waals surface area contributed by atoms with E-state index >= 15 is 0 Å². The highest BCUT2D eigenvalue weighted by molar-refractivity contribution is 7.89. The van der Waals surface area contributed by atoms with Gasteiger partial charge in [-0.25, -0.2) is 8.42 Å². The van der Waals surface area contributed by atoms with Gasteiger partial charge in [0.25, 0.3) is 0 Å². The predicted octanol–water partition coefficient (Wildman–Crippen LogP) is 1.36. The molecule has 0 saturated heterocycles. The summed E-state index contributed by atoms with van der Waals surface area (Å²) in [5.74, 6) is 0.245. The van der Waals surface area contributed by atoms with Crippen LogP contribution in [0.4, 0.5) is 0 Å². The van der Waals surface area contributed by atoms with Crippen LogP contribution >= 0.6 is 0 Å². The molecule has 1 amide bonds. The Labute approximate surface area is 132 Å². The van der Waals surface area contributed by atoms with E-state index in [-0.39, 0.29) is 23.6 Å². The number of benzene rings is 1. The van der Waals surface area contributed by atoms with E-state index < -0.39 is 9.84 Å². The number of carbonyl (C=O) groups excluding carboxylic acids is 1. The summed E-state index contributed by atoms with van der Waals surface area (Å²) in [5.41, 5.74) is 7.56. The van der Waals surface area contributed by atoms with Crippen LogP contribution in [-0.4, -0.2) is 26.6 Å². The van der Waals surface area contributed by atoms with Crippen LogP contribution in [0.15, 0.2) is 24.3 Å². The number of carbonyl (C=O) groups is 1. The van der Waals surface area contributed by atoms with Gasteiger partial charge >= 0.3 is 0 Å². The molecule has 0 aromatic heterocycles. The van der Waals surface area contributed by atoms with Gasteiger partial charge in [0.2, 0.25) is 5.91 Å². The van der Waals surface area contributed by atoms with Crippen molar-refractivity contribution in [2.75, 3.05) is 6.26 Å². The summed E-state index contributed by atoms with van der Waals surface area (Å²) in [7, 11) is -3.09. The Hall–Kier alpha value is -1.40. The number of nitrogens with one attached hydrogen (secondary N) is 1. The topological polar surface area (TPSA) is 89.3 Å². The predicted molar refractivity (Wildman–Crippen MR) is 86.8 cm³/mol. The van der Waals surface area contributed by atoms with E-state index in [1.54, 1.807) is 6.07 Å². The first-order valence-corrected chi connectivity index (χ1v) is 9.68. The third kappa shape index (κ3) is 5.10. The molecule has 1 aliphatic carbocycles.